The minimum atomic E-state index is -0.363. The van der Waals surface area contributed by atoms with Crippen LogP contribution in [0.15, 0.2) is 40.2 Å². The van der Waals surface area contributed by atoms with Crippen molar-refractivity contribution in [2.45, 2.75) is 48.5 Å². The Labute approximate surface area is 127 Å². The lowest BCUT2D eigenvalue weighted by atomic mass is 9.84. The van der Waals surface area contributed by atoms with Crippen LogP contribution in [-0.4, -0.2) is 4.98 Å². The Hall–Kier alpha value is -1.77. The van der Waals surface area contributed by atoms with Gasteiger partial charge in [0.2, 0.25) is 10.9 Å². The first kappa shape index (κ1) is 19.2. The molecule has 1 aromatic carbocycles. The van der Waals surface area contributed by atoms with Gasteiger partial charge in [-0.3, -0.25) is 14.6 Å². The molecule has 0 aliphatic heterocycles. The van der Waals surface area contributed by atoms with Gasteiger partial charge in [-0.2, -0.15) is 0 Å². The largest absolute Gasteiger partial charge is 0.286 e. The second-order valence-corrected chi connectivity index (χ2v) is 6.57. The van der Waals surface area contributed by atoms with Crippen LogP contribution in [0.1, 0.15) is 45.7 Å². The average Bonchev–Trinajstić information content (AvgIpc) is 2.40. The summed E-state index contributed by atoms with van der Waals surface area (Å²) in [5.41, 5.74) is 1.64. The van der Waals surface area contributed by atoms with Crippen molar-refractivity contribution in [3.8, 4) is 0 Å². The summed E-state index contributed by atoms with van der Waals surface area (Å²) in [6.45, 7) is 15.0. The number of hydrogen-bond donors (Lipinski definition) is 0. The molecule has 21 heavy (non-hydrogen) atoms. The van der Waals surface area contributed by atoms with Crippen molar-refractivity contribution in [3.05, 3.63) is 62.2 Å². The fraction of sp³-hybridized carbons (Fsp3) is 0.500. The van der Waals surface area contributed by atoms with E-state index >= 15 is 0 Å². The summed E-state index contributed by atoms with van der Waals surface area (Å²) >= 11 is 0. The second-order valence-electron chi connectivity index (χ2n) is 6.57. The Morgan fingerprint density at radius 2 is 1.43 bits per heavy atom. The molecular formula is C18H27NO2. The molecule has 0 N–H and O–H groups in total. The summed E-state index contributed by atoms with van der Waals surface area (Å²) in [5, 5.41) is 0. The molecule has 3 heteroatoms. The lowest BCUT2D eigenvalue weighted by Gasteiger charge is -2.22. The summed E-state index contributed by atoms with van der Waals surface area (Å²) in [6, 6.07) is 5.28. The standard InChI is InChI=1S/C7H16.C6H7N.C5H4O2/c1-6(2)7(3,4)5;1-6-2-4-7-5-3-6;1-3-2-4(6)5(3)7/h6H,1-5H3;2-5H,1H3;2H,1H3. The van der Waals surface area contributed by atoms with E-state index in [1.807, 2.05) is 19.1 Å². The number of aromatic nitrogens is 1. The first-order valence-corrected chi connectivity index (χ1v) is 7.19. The van der Waals surface area contributed by atoms with Gasteiger partial charge >= 0.3 is 0 Å². The van der Waals surface area contributed by atoms with E-state index in [1.165, 1.54) is 11.6 Å². The van der Waals surface area contributed by atoms with Crippen LogP contribution < -0.4 is 10.9 Å². The third kappa shape index (κ3) is 8.18. The van der Waals surface area contributed by atoms with Gasteiger partial charge in [0, 0.05) is 18.0 Å². The number of hydrogen-bond acceptors (Lipinski definition) is 3. The lowest BCUT2D eigenvalue weighted by molar-refractivity contribution is 0.283. The van der Waals surface area contributed by atoms with Crippen molar-refractivity contribution >= 4 is 0 Å². The SMILES string of the molecule is CC(C)C(C)(C)C.Cc1cc(=O)c1=O.Cc1ccncc1. The smallest absolute Gasteiger partial charge is 0.228 e. The molecule has 0 amide bonds. The highest BCUT2D eigenvalue weighted by Gasteiger charge is 2.13. The summed E-state index contributed by atoms with van der Waals surface area (Å²) in [6.07, 6.45) is 3.57. The van der Waals surface area contributed by atoms with Gasteiger partial charge in [-0.15, -0.1) is 0 Å². The zero-order valence-electron chi connectivity index (χ0n) is 14.2. The van der Waals surface area contributed by atoms with Crippen molar-refractivity contribution in [3.63, 3.8) is 0 Å². The van der Waals surface area contributed by atoms with Crippen LogP contribution in [0.4, 0.5) is 0 Å². The van der Waals surface area contributed by atoms with Gasteiger partial charge in [0.1, 0.15) is 0 Å². The van der Waals surface area contributed by atoms with Gasteiger partial charge in [0.25, 0.3) is 0 Å². The predicted octanol–water partition coefficient (Wildman–Crippen LogP) is 3.67. The highest BCUT2D eigenvalue weighted by molar-refractivity contribution is 5.16. The Balaban J connectivity index is 0.000000286. The average molecular weight is 289 g/mol. The molecule has 0 spiro atoms. The molecular weight excluding hydrogens is 262 g/mol. The molecule has 0 aliphatic carbocycles. The fourth-order valence-corrected chi connectivity index (χ4v) is 0.871. The van der Waals surface area contributed by atoms with Crippen LogP contribution in [0, 0.1) is 25.2 Å². The van der Waals surface area contributed by atoms with E-state index < -0.39 is 0 Å². The van der Waals surface area contributed by atoms with E-state index in [4.69, 9.17) is 0 Å². The monoisotopic (exact) mass is 289 g/mol. The molecule has 0 radical (unpaired) electrons. The van der Waals surface area contributed by atoms with E-state index in [9.17, 15) is 9.59 Å². The van der Waals surface area contributed by atoms with E-state index in [2.05, 4.69) is 39.6 Å². The van der Waals surface area contributed by atoms with Crippen molar-refractivity contribution in [2.24, 2.45) is 11.3 Å². The lowest BCUT2D eigenvalue weighted by Crippen LogP contribution is -2.31. The zero-order chi connectivity index (χ0) is 16.6. The maximum Gasteiger partial charge on any atom is 0.228 e. The van der Waals surface area contributed by atoms with Crippen LogP contribution >= 0.6 is 0 Å². The summed E-state index contributed by atoms with van der Waals surface area (Å²) in [7, 11) is 0. The summed E-state index contributed by atoms with van der Waals surface area (Å²) in [5.74, 6) is 0.799. The zero-order valence-corrected chi connectivity index (χ0v) is 14.2. The molecule has 1 heterocycles. The van der Waals surface area contributed by atoms with Gasteiger partial charge in [-0.05, 0) is 48.9 Å². The van der Waals surface area contributed by atoms with Crippen molar-refractivity contribution < 1.29 is 0 Å². The van der Waals surface area contributed by atoms with Crippen LogP contribution in [0.25, 0.3) is 0 Å². The number of rotatable bonds is 0. The number of nitrogens with zero attached hydrogens (tertiary/aromatic N) is 1. The minimum absolute atomic E-state index is 0.333. The molecule has 0 atom stereocenters. The third-order valence-electron chi connectivity index (χ3n) is 3.51. The molecule has 0 fully saturated rings. The number of pyridine rings is 1. The molecule has 2 aromatic rings. The summed E-state index contributed by atoms with van der Waals surface area (Å²) < 4.78 is 0. The Bertz CT molecular complexity index is 585. The predicted molar refractivity (Wildman–Crippen MR) is 89.4 cm³/mol. The Kier molecular flexibility index (Phi) is 7.79. The molecule has 116 valence electrons. The highest BCUT2D eigenvalue weighted by Crippen LogP contribution is 2.23. The van der Waals surface area contributed by atoms with E-state index in [1.54, 1.807) is 19.3 Å². The number of aryl methyl sites for hydroxylation is 2. The Morgan fingerprint density at radius 3 is 1.52 bits per heavy atom. The van der Waals surface area contributed by atoms with Crippen molar-refractivity contribution in [1.29, 1.82) is 0 Å². The first-order valence-electron chi connectivity index (χ1n) is 7.19. The maximum absolute atomic E-state index is 10.1. The normalized spacial score (nSPS) is 10.5. The summed E-state index contributed by atoms with van der Waals surface area (Å²) in [4.78, 5) is 24.0. The quantitative estimate of drug-likeness (QED) is 0.695. The molecule has 0 bridgehead atoms. The molecule has 1 aromatic heterocycles. The second kappa shape index (κ2) is 8.50. The molecule has 0 saturated carbocycles. The van der Waals surface area contributed by atoms with Crippen LogP contribution in [0.3, 0.4) is 0 Å². The Morgan fingerprint density at radius 1 is 1.00 bits per heavy atom. The third-order valence-corrected chi connectivity index (χ3v) is 3.51. The van der Waals surface area contributed by atoms with Gasteiger partial charge in [0.05, 0.1) is 0 Å². The van der Waals surface area contributed by atoms with Crippen LogP contribution in [-0.2, 0) is 0 Å². The van der Waals surface area contributed by atoms with E-state index in [-0.39, 0.29) is 10.9 Å². The molecule has 0 aliphatic rings. The molecule has 0 saturated heterocycles. The van der Waals surface area contributed by atoms with Gasteiger partial charge in [0.15, 0.2) is 0 Å². The van der Waals surface area contributed by atoms with Gasteiger partial charge < -0.3 is 0 Å². The van der Waals surface area contributed by atoms with E-state index in [0.717, 1.165) is 5.92 Å². The fourth-order valence-electron chi connectivity index (χ4n) is 0.871. The first-order chi connectivity index (χ1) is 9.55. The topological polar surface area (TPSA) is 47.0 Å². The molecule has 2 rings (SSSR count). The van der Waals surface area contributed by atoms with E-state index in [0.29, 0.717) is 11.0 Å². The van der Waals surface area contributed by atoms with Gasteiger partial charge in [-0.25, -0.2) is 0 Å². The molecule has 0 unspecified atom stereocenters. The minimum Gasteiger partial charge on any atom is -0.286 e. The maximum atomic E-state index is 10.1. The van der Waals surface area contributed by atoms with Crippen molar-refractivity contribution in [1.82, 2.24) is 4.98 Å². The highest BCUT2D eigenvalue weighted by atomic mass is 16.2. The van der Waals surface area contributed by atoms with Crippen molar-refractivity contribution in [2.75, 3.05) is 0 Å². The van der Waals surface area contributed by atoms with Crippen LogP contribution in [0.5, 0.6) is 0 Å². The molecule has 3 nitrogen and oxygen atoms in total. The van der Waals surface area contributed by atoms with Gasteiger partial charge in [-0.1, -0.05) is 34.6 Å². The van der Waals surface area contributed by atoms with Crippen LogP contribution in [0.2, 0.25) is 0 Å².